The summed E-state index contributed by atoms with van der Waals surface area (Å²) in [5.41, 5.74) is 1.09. The van der Waals surface area contributed by atoms with Gasteiger partial charge in [0, 0.05) is 23.7 Å². The van der Waals surface area contributed by atoms with Crippen LogP contribution in [-0.4, -0.2) is 77.5 Å². The Labute approximate surface area is 230 Å². The molecule has 1 saturated carbocycles. The summed E-state index contributed by atoms with van der Waals surface area (Å²) in [5.74, 6) is -3.05. The van der Waals surface area contributed by atoms with Crippen molar-refractivity contribution in [2.24, 2.45) is 5.92 Å². The lowest BCUT2D eigenvalue weighted by Gasteiger charge is -2.34. The number of Topliss-reactive ketones (excluding diaryl/α,β-unsaturated/α-hetero) is 1. The summed E-state index contributed by atoms with van der Waals surface area (Å²) in [6.07, 6.45) is 3.43. The first-order chi connectivity index (χ1) is 19.2. The average Bonchev–Trinajstić information content (AvgIpc) is 2.96. The highest BCUT2D eigenvalue weighted by molar-refractivity contribution is 5.99. The Morgan fingerprint density at radius 2 is 1.52 bits per heavy atom. The molecule has 0 bridgehead atoms. The topological polar surface area (TPSA) is 183 Å². The molecule has 0 saturated heterocycles. The molecule has 1 aliphatic rings. The highest BCUT2D eigenvalue weighted by atomic mass is 16.5. The van der Waals surface area contributed by atoms with E-state index < -0.39 is 30.9 Å². The van der Waals surface area contributed by atoms with Crippen LogP contribution in [0.5, 0.6) is 11.5 Å². The van der Waals surface area contributed by atoms with Crippen molar-refractivity contribution < 1.29 is 43.7 Å². The fraction of sp³-hybridized carbons (Fsp3) is 0.357. The van der Waals surface area contributed by atoms with Crippen LogP contribution in [0.25, 0.3) is 0 Å². The van der Waals surface area contributed by atoms with Crippen molar-refractivity contribution in [3.63, 3.8) is 0 Å². The summed E-state index contributed by atoms with van der Waals surface area (Å²) in [7, 11) is 0. The Balaban J connectivity index is 1.54. The van der Waals surface area contributed by atoms with Gasteiger partial charge in [-0.2, -0.15) is 5.26 Å². The van der Waals surface area contributed by atoms with Crippen LogP contribution in [0.1, 0.15) is 52.0 Å². The van der Waals surface area contributed by atoms with Gasteiger partial charge in [-0.05, 0) is 74.1 Å². The standard InChI is InChI=1S/C28H29N3O9/c29-12-18-1-5-20(6-2-18)28(38)30-13-19-3-8-22(9-4-19)31(17-32)14-23(33)21-7-10-24(39-15-26(34)35)25(11-21)40-16-27(36)37/h1-2,5-7,10-11,17,19,22H,3-4,8-9,13-16H2,(H,30,38)(H,34,35)(H,36,37). The first kappa shape index (κ1) is 29.6. The van der Waals surface area contributed by atoms with Gasteiger partial charge in [0.1, 0.15) is 0 Å². The molecule has 2 aromatic rings. The zero-order valence-electron chi connectivity index (χ0n) is 21.6. The van der Waals surface area contributed by atoms with E-state index in [9.17, 15) is 24.0 Å². The van der Waals surface area contributed by atoms with E-state index in [4.69, 9.17) is 24.9 Å². The Bertz CT molecular complexity index is 1280. The number of amides is 2. The van der Waals surface area contributed by atoms with E-state index in [2.05, 4.69) is 5.32 Å². The van der Waals surface area contributed by atoms with Gasteiger partial charge in [-0.15, -0.1) is 0 Å². The van der Waals surface area contributed by atoms with Crippen LogP contribution in [0.4, 0.5) is 0 Å². The lowest BCUT2D eigenvalue weighted by molar-refractivity contribution is -0.140. The Kier molecular flexibility index (Phi) is 10.6. The quantitative estimate of drug-likeness (QED) is 0.232. The summed E-state index contributed by atoms with van der Waals surface area (Å²) < 4.78 is 10.3. The Hall–Kier alpha value is -4.92. The largest absolute Gasteiger partial charge is 0.479 e. The lowest BCUT2D eigenvalue weighted by Crippen LogP contribution is -2.41. The van der Waals surface area contributed by atoms with E-state index in [1.165, 1.54) is 23.1 Å². The van der Waals surface area contributed by atoms with Gasteiger partial charge in [0.15, 0.2) is 30.5 Å². The van der Waals surface area contributed by atoms with Gasteiger partial charge in [-0.25, -0.2) is 9.59 Å². The first-order valence-corrected chi connectivity index (χ1v) is 12.6. The Morgan fingerprint density at radius 1 is 0.925 bits per heavy atom. The number of nitrogens with one attached hydrogen (secondary N) is 1. The fourth-order valence-corrected chi connectivity index (χ4v) is 4.42. The summed E-state index contributed by atoms with van der Waals surface area (Å²) in [5, 5.41) is 29.5. The summed E-state index contributed by atoms with van der Waals surface area (Å²) in [6, 6.07) is 12.2. The third-order valence-electron chi connectivity index (χ3n) is 6.54. The van der Waals surface area contributed by atoms with E-state index in [1.807, 2.05) is 6.07 Å². The number of hydrogen-bond acceptors (Lipinski definition) is 8. The van der Waals surface area contributed by atoms with Gasteiger partial charge in [0.05, 0.1) is 18.2 Å². The predicted molar refractivity (Wildman–Crippen MR) is 139 cm³/mol. The molecule has 40 heavy (non-hydrogen) atoms. The molecule has 1 fully saturated rings. The molecule has 12 nitrogen and oxygen atoms in total. The van der Waals surface area contributed by atoms with E-state index in [1.54, 1.807) is 24.3 Å². The van der Waals surface area contributed by atoms with Gasteiger partial charge in [-0.1, -0.05) is 0 Å². The summed E-state index contributed by atoms with van der Waals surface area (Å²) in [6.45, 7) is -1.14. The molecule has 0 aromatic heterocycles. The minimum Gasteiger partial charge on any atom is -0.479 e. The number of carbonyl (C=O) groups excluding carboxylic acids is 3. The second-order valence-corrected chi connectivity index (χ2v) is 9.30. The van der Waals surface area contributed by atoms with E-state index >= 15 is 0 Å². The van der Waals surface area contributed by atoms with Crippen LogP contribution in [-0.2, 0) is 14.4 Å². The van der Waals surface area contributed by atoms with E-state index in [0.717, 1.165) is 12.8 Å². The lowest BCUT2D eigenvalue weighted by atomic mass is 9.85. The molecule has 0 atom stereocenters. The molecule has 0 spiro atoms. The van der Waals surface area contributed by atoms with Crippen molar-refractivity contribution >= 4 is 30.0 Å². The predicted octanol–water partition coefficient (Wildman–Crippen LogP) is 2.11. The van der Waals surface area contributed by atoms with Crippen molar-refractivity contribution in [2.75, 3.05) is 26.3 Å². The third kappa shape index (κ3) is 8.56. The van der Waals surface area contributed by atoms with Crippen LogP contribution in [0.2, 0.25) is 0 Å². The van der Waals surface area contributed by atoms with Crippen LogP contribution in [0.3, 0.4) is 0 Å². The van der Waals surface area contributed by atoms with Crippen LogP contribution in [0.15, 0.2) is 42.5 Å². The number of ether oxygens (including phenoxy) is 2. The van der Waals surface area contributed by atoms with Crippen molar-refractivity contribution in [3.05, 3.63) is 59.2 Å². The molecule has 1 aliphatic carbocycles. The summed E-state index contributed by atoms with van der Waals surface area (Å²) in [4.78, 5) is 60.4. The minimum absolute atomic E-state index is 0.0305. The number of carbonyl (C=O) groups is 5. The maximum atomic E-state index is 13.0. The molecule has 210 valence electrons. The fourth-order valence-electron chi connectivity index (χ4n) is 4.42. The molecule has 0 unspecified atom stereocenters. The van der Waals surface area contributed by atoms with Crippen molar-refractivity contribution in [2.45, 2.75) is 31.7 Å². The van der Waals surface area contributed by atoms with Crippen LogP contribution < -0.4 is 14.8 Å². The molecule has 3 rings (SSSR count). The normalized spacial score (nSPS) is 16.2. The zero-order valence-corrected chi connectivity index (χ0v) is 21.6. The van der Waals surface area contributed by atoms with Gasteiger partial charge in [0.25, 0.3) is 5.91 Å². The van der Waals surface area contributed by atoms with E-state index in [-0.39, 0.29) is 41.5 Å². The van der Waals surface area contributed by atoms with Crippen molar-refractivity contribution in [1.29, 1.82) is 5.26 Å². The highest BCUT2D eigenvalue weighted by Gasteiger charge is 2.27. The highest BCUT2D eigenvalue weighted by Crippen LogP contribution is 2.30. The number of rotatable bonds is 14. The van der Waals surface area contributed by atoms with Gasteiger partial charge >= 0.3 is 11.9 Å². The SMILES string of the molecule is N#Cc1ccc(C(=O)NCC2CCC(N(C=O)CC(=O)c3ccc(OCC(=O)O)c(OCC(=O)O)c3)CC2)cc1. The van der Waals surface area contributed by atoms with Gasteiger partial charge in [-0.3, -0.25) is 14.4 Å². The maximum Gasteiger partial charge on any atom is 0.341 e. The number of nitrogens with zero attached hydrogens (tertiary/aromatic N) is 2. The number of ketones is 1. The molecule has 2 aromatic carbocycles. The molecule has 0 radical (unpaired) electrons. The van der Waals surface area contributed by atoms with Crippen molar-refractivity contribution in [3.8, 4) is 17.6 Å². The van der Waals surface area contributed by atoms with Gasteiger partial charge in [0.2, 0.25) is 6.41 Å². The molecule has 2 amide bonds. The Morgan fingerprint density at radius 3 is 2.10 bits per heavy atom. The molecule has 0 heterocycles. The smallest absolute Gasteiger partial charge is 0.341 e. The van der Waals surface area contributed by atoms with E-state index in [0.29, 0.717) is 36.9 Å². The third-order valence-corrected chi connectivity index (χ3v) is 6.54. The number of carboxylic acids is 2. The molecular weight excluding hydrogens is 522 g/mol. The number of hydrogen-bond donors (Lipinski definition) is 3. The minimum atomic E-state index is -1.27. The van der Waals surface area contributed by atoms with Crippen LogP contribution >= 0.6 is 0 Å². The number of nitriles is 1. The summed E-state index contributed by atoms with van der Waals surface area (Å²) >= 11 is 0. The molecule has 3 N–H and O–H groups in total. The van der Waals surface area contributed by atoms with Crippen LogP contribution in [0, 0.1) is 17.2 Å². The molecule has 12 heteroatoms. The number of aliphatic carboxylic acids is 2. The average molecular weight is 552 g/mol. The molecule has 0 aliphatic heterocycles. The second-order valence-electron chi connectivity index (χ2n) is 9.30. The van der Waals surface area contributed by atoms with Crippen molar-refractivity contribution in [1.82, 2.24) is 10.2 Å². The monoisotopic (exact) mass is 551 g/mol. The molecular formula is C28H29N3O9. The first-order valence-electron chi connectivity index (χ1n) is 12.6. The van der Waals surface area contributed by atoms with Gasteiger partial charge < -0.3 is 29.9 Å². The maximum absolute atomic E-state index is 13.0. The number of benzene rings is 2. The zero-order chi connectivity index (χ0) is 29.1. The second kappa shape index (κ2) is 14.3. The number of carboxylic acid groups (broad SMARTS) is 2.